The second kappa shape index (κ2) is 3.40. The van der Waals surface area contributed by atoms with E-state index in [1.807, 2.05) is 35.3 Å². The Morgan fingerprint density at radius 2 is 1.67 bits per heavy atom. The number of hydrogen-bond acceptors (Lipinski definition) is 3. The van der Waals surface area contributed by atoms with Crippen LogP contribution in [0.2, 0.25) is 0 Å². The van der Waals surface area contributed by atoms with Crippen LogP contribution in [0.25, 0.3) is 0 Å². The topological polar surface area (TPSA) is 0 Å². The molecule has 0 unspecified atom stereocenters. The highest BCUT2D eigenvalue weighted by atomic mass is 32.3. The fraction of sp³-hybridized carbons (Fsp3) is 0.250. The largest absolute Gasteiger partial charge is 0.192 e. The van der Waals surface area contributed by atoms with E-state index in [-0.39, 0.29) is 0 Å². The van der Waals surface area contributed by atoms with Gasteiger partial charge >= 0.3 is 0 Å². The molecule has 0 spiro atoms. The van der Waals surface area contributed by atoms with Crippen molar-refractivity contribution >= 4 is 45.3 Å². The molecule has 0 radical (unpaired) electrons. The summed E-state index contributed by atoms with van der Waals surface area (Å²) in [7, 11) is -0.590. The Labute approximate surface area is 87.6 Å². The lowest BCUT2D eigenvalue weighted by molar-refractivity contribution is 2.13. The Morgan fingerprint density at radius 1 is 1.00 bits per heavy atom. The molecule has 4 heteroatoms. The van der Waals surface area contributed by atoms with Crippen LogP contribution in [-0.2, 0) is 0 Å². The van der Waals surface area contributed by atoms with Gasteiger partial charge in [0.1, 0.15) is 0 Å². The van der Waals surface area contributed by atoms with Gasteiger partial charge < -0.3 is 0 Å². The lowest BCUT2D eigenvalue weighted by Gasteiger charge is -2.25. The molecule has 0 nitrogen and oxygen atoms in total. The highest BCUT2D eigenvalue weighted by molar-refractivity contribution is 8.49. The molecule has 12 heavy (non-hydrogen) atoms. The minimum absolute atomic E-state index is 0.590. The molecule has 0 aromatic rings. The number of hydrogen-bond donors (Lipinski definition) is 0. The van der Waals surface area contributed by atoms with Crippen molar-refractivity contribution in [1.82, 2.24) is 0 Å². The van der Waals surface area contributed by atoms with Crippen molar-refractivity contribution in [2.24, 2.45) is 0 Å². The van der Waals surface area contributed by atoms with Gasteiger partial charge in [0.25, 0.3) is 0 Å². The highest BCUT2D eigenvalue weighted by Crippen LogP contribution is 2.65. The molecule has 66 valence electrons. The van der Waals surface area contributed by atoms with Gasteiger partial charge in [-0.1, -0.05) is 35.3 Å². The van der Waals surface area contributed by atoms with Crippen LogP contribution in [0.3, 0.4) is 0 Å². The molecule has 0 aliphatic carbocycles. The molecule has 0 aromatic carbocycles. The monoisotopic (exact) mass is 234 g/mol. The van der Waals surface area contributed by atoms with Gasteiger partial charge in [0, 0.05) is 0 Å². The third kappa shape index (κ3) is 1.62. The summed E-state index contributed by atoms with van der Waals surface area (Å²) in [6.07, 6.45) is 4.70. The summed E-state index contributed by atoms with van der Waals surface area (Å²) in [6.45, 7) is 0. The Kier molecular flexibility index (Phi) is 2.61. The minimum atomic E-state index is -0.590. The lowest BCUT2D eigenvalue weighted by atomic mass is 11.2. The zero-order valence-corrected chi connectivity index (χ0v) is 10.2. The van der Waals surface area contributed by atoms with Gasteiger partial charge in [-0.15, -0.1) is 0 Å². The SMILES string of the molecule is CS1(C)C=CSC1=C1SC=CS1. The summed E-state index contributed by atoms with van der Waals surface area (Å²) in [5, 5.41) is 8.93. The first-order valence-corrected chi connectivity index (χ1v) is 8.64. The Bertz CT molecular complexity index is 275. The molecule has 0 aromatic heterocycles. The quantitative estimate of drug-likeness (QED) is 0.612. The van der Waals surface area contributed by atoms with Crippen molar-refractivity contribution in [2.45, 2.75) is 0 Å². The zero-order valence-electron chi connectivity index (χ0n) is 6.94. The molecule has 0 saturated heterocycles. The molecule has 0 N–H and O–H groups in total. The van der Waals surface area contributed by atoms with Crippen LogP contribution < -0.4 is 0 Å². The van der Waals surface area contributed by atoms with E-state index in [4.69, 9.17) is 0 Å². The van der Waals surface area contributed by atoms with Crippen molar-refractivity contribution in [3.63, 3.8) is 0 Å². The molecule has 0 atom stereocenters. The van der Waals surface area contributed by atoms with E-state index in [9.17, 15) is 0 Å². The van der Waals surface area contributed by atoms with Crippen molar-refractivity contribution in [3.8, 4) is 0 Å². The maximum absolute atomic E-state index is 2.36. The fourth-order valence-corrected chi connectivity index (χ4v) is 8.01. The van der Waals surface area contributed by atoms with E-state index in [2.05, 4.69) is 34.1 Å². The summed E-state index contributed by atoms with van der Waals surface area (Å²) in [5.74, 6) is 0. The molecule has 2 heterocycles. The van der Waals surface area contributed by atoms with Crippen LogP contribution in [-0.4, -0.2) is 12.5 Å². The molecule has 0 amide bonds. The predicted octanol–water partition coefficient (Wildman–Crippen LogP) is 4.35. The Hall–Kier alpha value is 0.620. The van der Waals surface area contributed by atoms with Crippen LogP contribution in [0.15, 0.2) is 30.1 Å². The third-order valence-electron chi connectivity index (χ3n) is 1.62. The van der Waals surface area contributed by atoms with Gasteiger partial charge in [0.05, 0.1) is 8.47 Å². The van der Waals surface area contributed by atoms with Crippen molar-refractivity contribution in [3.05, 3.63) is 30.1 Å². The maximum Gasteiger partial charge on any atom is 0.0678 e. The molecule has 0 fully saturated rings. The second-order valence-corrected chi connectivity index (χ2v) is 9.64. The van der Waals surface area contributed by atoms with Crippen LogP contribution >= 0.6 is 45.3 Å². The average molecular weight is 234 g/mol. The number of rotatable bonds is 0. The molecule has 2 rings (SSSR count). The first-order chi connectivity index (χ1) is 5.70. The summed E-state index contributed by atoms with van der Waals surface area (Å²) >= 11 is 5.63. The van der Waals surface area contributed by atoms with E-state index in [0.717, 1.165) is 0 Å². The van der Waals surface area contributed by atoms with Crippen molar-refractivity contribution in [1.29, 1.82) is 0 Å². The van der Waals surface area contributed by atoms with E-state index in [0.29, 0.717) is 0 Å². The molecular formula is C8H10S4. The molecule has 0 bridgehead atoms. The first-order valence-electron chi connectivity index (χ1n) is 3.49. The van der Waals surface area contributed by atoms with Gasteiger partial charge in [0.2, 0.25) is 0 Å². The first kappa shape index (κ1) is 9.19. The predicted molar refractivity (Wildman–Crippen MR) is 67.5 cm³/mol. The summed E-state index contributed by atoms with van der Waals surface area (Å²) < 4.78 is 3.08. The smallest absolute Gasteiger partial charge is 0.0678 e. The fourth-order valence-electron chi connectivity index (χ4n) is 0.980. The van der Waals surface area contributed by atoms with Crippen molar-refractivity contribution in [2.75, 3.05) is 12.5 Å². The van der Waals surface area contributed by atoms with Gasteiger partial charge in [-0.25, -0.2) is 0 Å². The maximum atomic E-state index is 2.36. The highest BCUT2D eigenvalue weighted by Gasteiger charge is 2.24. The van der Waals surface area contributed by atoms with E-state index in [1.54, 1.807) is 4.24 Å². The van der Waals surface area contributed by atoms with Crippen molar-refractivity contribution < 1.29 is 0 Å². The van der Waals surface area contributed by atoms with E-state index in [1.165, 1.54) is 4.24 Å². The van der Waals surface area contributed by atoms with Crippen LogP contribution in [0, 0.1) is 0 Å². The van der Waals surface area contributed by atoms with Gasteiger partial charge in [-0.2, -0.15) is 10.0 Å². The molecule has 2 aliphatic heterocycles. The molecule has 0 saturated carbocycles. The Morgan fingerprint density at radius 3 is 2.17 bits per heavy atom. The minimum Gasteiger partial charge on any atom is -0.192 e. The molecule has 2 aliphatic rings. The van der Waals surface area contributed by atoms with Crippen LogP contribution in [0.4, 0.5) is 0 Å². The van der Waals surface area contributed by atoms with Gasteiger partial charge in [-0.3, -0.25) is 0 Å². The summed E-state index contributed by atoms with van der Waals surface area (Å²) in [5.41, 5.74) is 0. The zero-order chi connectivity index (χ0) is 8.60. The Balaban J connectivity index is 2.30. The summed E-state index contributed by atoms with van der Waals surface area (Å²) in [6, 6.07) is 0. The van der Waals surface area contributed by atoms with Gasteiger partial charge in [-0.05, 0) is 34.1 Å². The standard InChI is InChI=1S/C8H10S4/c1-12(2)6-5-11-8(12)7-9-3-4-10-7/h3-6H,1-2H3. The second-order valence-electron chi connectivity index (χ2n) is 2.88. The average Bonchev–Trinajstić information content (AvgIpc) is 2.55. The number of thioether (sulfide) groups is 3. The van der Waals surface area contributed by atoms with E-state index < -0.39 is 10.0 Å². The normalized spacial score (nSPS) is 28.5. The summed E-state index contributed by atoms with van der Waals surface area (Å²) in [4.78, 5) is 0. The van der Waals surface area contributed by atoms with E-state index >= 15 is 0 Å². The van der Waals surface area contributed by atoms with Crippen LogP contribution in [0.5, 0.6) is 0 Å². The third-order valence-corrected chi connectivity index (χ3v) is 8.68. The molecular weight excluding hydrogens is 224 g/mol. The lowest BCUT2D eigenvalue weighted by Crippen LogP contribution is -1.88. The van der Waals surface area contributed by atoms with Gasteiger partial charge in [0.15, 0.2) is 0 Å². The van der Waals surface area contributed by atoms with Crippen LogP contribution in [0.1, 0.15) is 0 Å².